The van der Waals surface area contributed by atoms with Gasteiger partial charge in [-0.1, -0.05) is 6.58 Å². The third kappa shape index (κ3) is 2.22. The fourth-order valence-corrected chi connectivity index (χ4v) is 1.50. The number of hydrogen-bond acceptors (Lipinski definition) is 3. The van der Waals surface area contributed by atoms with Gasteiger partial charge in [0.1, 0.15) is 0 Å². The van der Waals surface area contributed by atoms with Crippen LogP contribution in [0.1, 0.15) is 11.3 Å². The lowest BCUT2D eigenvalue weighted by Crippen LogP contribution is -2.14. The van der Waals surface area contributed by atoms with Crippen LogP contribution in [0.2, 0.25) is 0 Å². The van der Waals surface area contributed by atoms with Crippen molar-refractivity contribution in [3.05, 3.63) is 36.2 Å². The van der Waals surface area contributed by atoms with E-state index in [0.717, 1.165) is 24.3 Å². The summed E-state index contributed by atoms with van der Waals surface area (Å²) >= 11 is 0. The molecule has 1 aliphatic rings. The summed E-state index contributed by atoms with van der Waals surface area (Å²) < 4.78 is 5.31. The minimum atomic E-state index is -0.228. The first kappa shape index (κ1) is 9.86. The average molecular weight is 204 g/mol. The summed E-state index contributed by atoms with van der Waals surface area (Å²) in [4.78, 5) is 15.3. The molecule has 0 atom stereocenters. The normalized spacial score (nSPS) is 14.1. The van der Waals surface area contributed by atoms with Gasteiger partial charge in [-0.05, 0) is 12.1 Å². The summed E-state index contributed by atoms with van der Waals surface area (Å²) in [5.74, 6) is -0.228. The third-order valence-electron chi connectivity index (χ3n) is 2.25. The van der Waals surface area contributed by atoms with E-state index in [1.54, 1.807) is 6.20 Å². The number of pyridine rings is 1. The van der Waals surface area contributed by atoms with Crippen LogP contribution in [0.4, 0.5) is 5.69 Å². The van der Waals surface area contributed by atoms with Gasteiger partial charge in [0.2, 0.25) is 5.91 Å². The van der Waals surface area contributed by atoms with Gasteiger partial charge in [-0.2, -0.15) is 0 Å². The molecular formula is C11H12N2O2. The first-order valence-electron chi connectivity index (χ1n) is 4.78. The van der Waals surface area contributed by atoms with Gasteiger partial charge in [-0.15, -0.1) is 0 Å². The average Bonchev–Trinajstić information content (AvgIpc) is 2.29. The molecule has 0 bridgehead atoms. The molecule has 2 heterocycles. The molecular weight excluding hydrogens is 192 g/mol. The number of carbonyl (C=O) groups excluding carboxylic acids is 1. The molecule has 2 rings (SSSR count). The Bertz CT molecular complexity index is 402. The second-order valence-electron chi connectivity index (χ2n) is 3.33. The van der Waals surface area contributed by atoms with Gasteiger partial charge in [0, 0.05) is 17.7 Å². The largest absolute Gasteiger partial charge is 0.376 e. The number of nitrogens with one attached hydrogen (secondary N) is 1. The van der Waals surface area contributed by atoms with E-state index in [0.29, 0.717) is 12.3 Å². The van der Waals surface area contributed by atoms with Crippen molar-refractivity contribution in [1.82, 2.24) is 4.98 Å². The molecule has 15 heavy (non-hydrogen) atoms. The van der Waals surface area contributed by atoms with Gasteiger partial charge in [0.05, 0.1) is 25.1 Å². The number of anilines is 1. The van der Waals surface area contributed by atoms with Crippen molar-refractivity contribution in [2.75, 3.05) is 11.9 Å². The standard InChI is InChI=1S/C11H12N2O2/c1-2-11(14)13-9-5-8-7-15-4-3-10(8)12-6-9/h2,5-6H,1,3-4,7H2,(H,13,14). The molecule has 0 saturated carbocycles. The zero-order valence-corrected chi connectivity index (χ0v) is 8.32. The monoisotopic (exact) mass is 204 g/mol. The van der Waals surface area contributed by atoms with Crippen LogP contribution in [-0.4, -0.2) is 17.5 Å². The van der Waals surface area contributed by atoms with E-state index in [9.17, 15) is 4.79 Å². The van der Waals surface area contributed by atoms with E-state index in [2.05, 4.69) is 16.9 Å². The van der Waals surface area contributed by atoms with Crippen molar-refractivity contribution in [2.45, 2.75) is 13.0 Å². The number of hydrogen-bond donors (Lipinski definition) is 1. The molecule has 0 aromatic carbocycles. The molecule has 0 unspecified atom stereocenters. The molecule has 0 saturated heterocycles. The maximum absolute atomic E-state index is 11.1. The zero-order valence-electron chi connectivity index (χ0n) is 8.32. The number of ether oxygens (including phenoxy) is 1. The Morgan fingerprint density at radius 2 is 2.53 bits per heavy atom. The van der Waals surface area contributed by atoms with Crippen LogP contribution in [0.15, 0.2) is 24.9 Å². The van der Waals surface area contributed by atoms with E-state index in [1.807, 2.05) is 6.07 Å². The molecule has 78 valence electrons. The van der Waals surface area contributed by atoms with Crippen molar-refractivity contribution in [1.29, 1.82) is 0 Å². The van der Waals surface area contributed by atoms with E-state index in [1.165, 1.54) is 6.08 Å². The van der Waals surface area contributed by atoms with E-state index < -0.39 is 0 Å². The van der Waals surface area contributed by atoms with Crippen molar-refractivity contribution in [3.8, 4) is 0 Å². The number of carbonyl (C=O) groups is 1. The Balaban J connectivity index is 2.20. The lowest BCUT2D eigenvalue weighted by Gasteiger charge is -2.16. The topological polar surface area (TPSA) is 51.2 Å². The van der Waals surface area contributed by atoms with Crippen molar-refractivity contribution in [3.63, 3.8) is 0 Å². The van der Waals surface area contributed by atoms with Crippen molar-refractivity contribution < 1.29 is 9.53 Å². The Labute approximate surface area is 88.0 Å². The number of aromatic nitrogens is 1. The minimum Gasteiger partial charge on any atom is -0.376 e. The third-order valence-corrected chi connectivity index (χ3v) is 2.25. The fourth-order valence-electron chi connectivity index (χ4n) is 1.50. The Morgan fingerprint density at radius 1 is 1.67 bits per heavy atom. The fraction of sp³-hybridized carbons (Fsp3) is 0.273. The predicted molar refractivity (Wildman–Crippen MR) is 56.4 cm³/mol. The lowest BCUT2D eigenvalue weighted by atomic mass is 10.1. The second-order valence-corrected chi connectivity index (χ2v) is 3.33. The van der Waals surface area contributed by atoms with Gasteiger partial charge < -0.3 is 10.1 Å². The van der Waals surface area contributed by atoms with Crippen molar-refractivity contribution >= 4 is 11.6 Å². The van der Waals surface area contributed by atoms with Gasteiger partial charge in [0.15, 0.2) is 0 Å². The molecule has 0 spiro atoms. The van der Waals surface area contributed by atoms with Crippen LogP contribution < -0.4 is 5.32 Å². The number of fused-ring (bicyclic) bond motifs is 1. The van der Waals surface area contributed by atoms with E-state index in [4.69, 9.17) is 4.74 Å². The molecule has 4 nitrogen and oxygen atoms in total. The molecule has 1 N–H and O–H groups in total. The highest BCUT2D eigenvalue weighted by Crippen LogP contribution is 2.18. The van der Waals surface area contributed by atoms with Crippen LogP contribution in [0.25, 0.3) is 0 Å². The summed E-state index contributed by atoms with van der Waals surface area (Å²) in [6.45, 7) is 4.68. The second kappa shape index (κ2) is 4.23. The quantitative estimate of drug-likeness (QED) is 0.738. The molecule has 1 aromatic heterocycles. The molecule has 0 radical (unpaired) electrons. The minimum absolute atomic E-state index is 0.228. The van der Waals surface area contributed by atoms with Crippen LogP contribution in [0, 0.1) is 0 Å². The summed E-state index contributed by atoms with van der Waals surface area (Å²) in [6, 6.07) is 1.89. The highest BCUT2D eigenvalue weighted by Gasteiger charge is 2.11. The van der Waals surface area contributed by atoms with Gasteiger partial charge >= 0.3 is 0 Å². The summed E-state index contributed by atoms with van der Waals surface area (Å²) in [6.07, 6.45) is 3.73. The summed E-state index contributed by atoms with van der Waals surface area (Å²) in [5.41, 5.74) is 2.78. The number of rotatable bonds is 2. The smallest absolute Gasteiger partial charge is 0.247 e. The first-order chi connectivity index (χ1) is 7.29. The Kier molecular flexibility index (Phi) is 2.78. The van der Waals surface area contributed by atoms with Crippen LogP contribution in [-0.2, 0) is 22.6 Å². The Hall–Kier alpha value is -1.68. The number of nitrogens with zero attached hydrogens (tertiary/aromatic N) is 1. The molecule has 0 aliphatic carbocycles. The maximum Gasteiger partial charge on any atom is 0.247 e. The summed E-state index contributed by atoms with van der Waals surface area (Å²) in [5, 5.41) is 2.67. The van der Waals surface area contributed by atoms with E-state index in [-0.39, 0.29) is 5.91 Å². The molecule has 1 aromatic rings. The zero-order chi connectivity index (χ0) is 10.7. The summed E-state index contributed by atoms with van der Waals surface area (Å²) in [7, 11) is 0. The molecule has 1 amide bonds. The maximum atomic E-state index is 11.1. The van der Waals surface area contributed by atoms with Gasteiger partial charge in [-0.25, -0.2) is 0 Å². The molecule has 4 heteroatoms. The highest BCUT2D eigenvalue weighted by atomic mass is 16.5. The first-order valence-corrected chi connectivity index (χ1v) is 4.78. The predicted octanol–water partition coefficient (Wildman–Crippen LogP) is 1.28. The highest BCUT2D eigenvalue weighted by molar-refractivity contribution is 5.98. The van der Waals surface area contributed by atoms with E-state index >= 15 is 0 Å². The SMILES string of the molecule is C=CC(=O)Nc1cnc2c(c1)COCC2. The van der Waals surface area contributed by atoms with Crippen molar-refractivity contribution in [2.24, 2.45) is 0 Å². The van der Waals surface area contributed by atoms with Crippen LogP contribution in [0.5, 0.6) is 0 Å². The molecule has 0 fully saturated rings. The molecule has 1 aliphatic heterocycles. The van der Waals surface area contributed by atoms with Gasteiger partial charge in [0.25, 0.3) is 0 Å². The van der Waals surface area contributed by atoms with Gasteiger partial charge in [-0.3, -0.25) is 9.78 Å². The Morgan fingerprint density at radius 3 is 3.33 bits per heavy atom. The van der Waals surface area contributed by atoms with Crippen LogP contribution >= 0.6 is 0 Å². The van der Waals surface area contributed by atoms with Crippen LogP contribution in [0.3, 0.4) is 0 Å². The lowest BCUT2D eigenvalue weighted by molar-refractivity contribution is -0.111. The number of amides is 1.